The molecule has 0 spiro atoms. The van der Waals surface area contributed by atoms with Gasteiger partial charge in [-0.15, -0.1) is 0 Å². The first-order valence-corrected chi connectivity index (χ1v) is 9.58. The van der Waals surface area contributed by atoms with Gasteiger partial charge in [-0.25, -0.2) is 0 Å². The topological polar surface area (TPSA) is 67.4 Å². The molecule has 0 saturated carbocycles. The fraction of sp³-hybridized carbons (Fsp3) is 0.500. The number of thioether (sulfide) groups is 1. The molecule has 0 saturated heterocycles. The van der Waals surface area contributed by atoms with Crippen molar-refractivity contribution in [3.05, 3.63) is 33.8 Å². The summed E-state index contributed by atoms with van der Waals surface area (Å²) in [5.74, 6) is 0.0927. The Morgan fingerprint density at radius 1 is 1.29 bits per heavy atom. The van der Waals surface area contributed by atoms with Gasteiger partial charge in [-0.1, -0.05) is 23.2 Å². The second-order valence-corrected chi connectivity index (χ2v) is 7.13. The zero-order valence-corrected chi connectivity index (χ0v) is 16.2. The number of nitrogens with one attached hydrogen (secondary N) is 2. The van der Waals surface area contributed by atoms with Gasteiger partial charge in [-0.05, 0) is 43.6 Å². The highest BCUT2D eigenvalue weighted by Gasteiger charge is 2.23. The molecule has 2 N–H and O–H groups in total. The van der Waals surface area contributed by atoms with Crippen molar-refractivity contribution in [3.8, 4) is 0 Å². The Morgan fingerprint density at radius 2 is 2.00 bits per heavy atom. The molecule has 0 bridgehead atoms. The van der Waals surface area contributed by atoms with Crippen LogP contribution in [0.2, 0.25) is 10.0 Å². The standard InChI is InChI=1S/C16H22Cl2N2O3S/c1-10(9-23-2)19-16(22)14(6-7-24-3)20-15(21)12-5-4-11(17)8-13(12)18/h4-5,8,10,14H,6-7,9H2,1-3H3,(H,19,22)(H,20,21). The number of halogens is 2. The SMILES string of the molecule is COCC(C)NC(=O)C(CCSC)NC(=O)c1ccc(Cl)cc1Cl. The Bertz CT molecular complexity index is 572. The summed E-state index contributed by atoms with van der Waals surface area (Å²) in [5, 5.41) is 6.26. The Balaban J connectivity index is 2.80. The summed E-state index contributed by atoms with van der Waals surface area (Å²) in [7, 11) is 1.57. The van der Waals surface area contributed by atoms with Crippen molar-refractivity contribution in [2.24, 2.45) is 0 Å². The van der Waals surface area contributed by atoms with E-state index in [0.717, 1.165) is 5.75 Å². The minimum Gasteiger partial charge on any atom is -0.383 e. The fourth-order valence-electron chi connectivity index (χ4n) is 2.05. The molecule has 2 unspecified atom stereocenters. The van der Waals surface area contributed by atoms with Crippen LogP contribution in [0, 0.1) is 0 Å². The van der Waals surface area contributed by atoms with Crippen molar-refractivity contribution in [1.29, 1.82) is 0 Å². The van der Waals surface area contributed by atoms with Crippen molar-refractivity contribution < 1.29 is 14.3 Å². The third kappa shape index (κ3) is 6.89. The molecular weight excluding hydrogens is 371 g/mol. The number of hydrogen-bond acceptors (Lipinski definition) is 4. The molecule has 2 atom stereocenters. The number of ether oxygens (including phenoxy) is 1. The summed E-state index contributed by atoms with van der Waals surface area (Å²) in [6.07, 6.45) is 2.46. The number of rotatable bonds is 9. The molecule has 1 aromatic rings. The molecule has 0 aliphatic heterocycles. The summed E-state index contributed by atoms with van der Waals surface area (Å²) in [4.78, 5) is 24.8. The summed E-state index contributed by atoms with van der Waals surface area (Å²) in [6.45, 7) is 2.24. The van der Waals surface area contributed by atoms with E-state index in [1.165, 1.54) is 12.1 Å². The molecule has 1 aromatic carbocycles. The molecule has 0 aliphatic rings. The molecule has 2 amide bonds. The minimum absolute atomic E-state index is 0.143. The molecule has 0 aliphatic carbocycles. The van der Waals surface area contributed by atoms with Crippen LogP contribution in [0.15, 0.2) is 18.2 Å². The highest BCUT2D eigenvalue weighted by atomic mass is 35.5. The van der Waals surface area contributed by atoms with Crippen LogP contribution in [0.1, 0.15) is 23.7 Å². The second kappa shape index (κ2) is 10.8. The number of carbonyl (C=O) groups excluding carboxylic acids is 2. The van der Waals surface area contributed by atoms with E-state index in [-0.39, 0.29) is 22.5 Å². The number of amides is 2. The highest BCUT2D eigenvalue weighted by molar-refractivity contribution is 7.98. The van der Waals surface area contributed by atoms with Crippen LogP contribution in [-0.4, -0.2) is 49.6 Å². The van der Waals surface area contributed by atoms with Crippen LogP contribution >= 0.6 is 35.0 Å². The zero-order valence-electron chi connectivity index (χ0n) is 13.9. The van der Waals surface area contributed by atoms with E-state index in [9.17, 15) is 9.59 Å². The van der Waals surface area contributed by atoms with E-state index in [0.29, 0.717) is 18.1 Å². The van der Waals surface area contributed by atoms with Crippen molar-refractivity contribution in [1.82, 2.24) is 10.6 Å². The molecule has 24 heavy (non-hydrogen) atoms. The quantitative estimate of drug-likeness (QED) is 0.677. The van der Waals surface area contributed by atoms with Gasteiger partial charge in [0.1, 0.15) is 6.04 Å². The average Bonchev–Trinajstić information content (AvgIpc) is 2.51. The summed E-state index contributed by atoms with van der Waals surface area (Å²) >= 11 is 13.5. The van der Waals surface area contributed by atoms with Gasteiger partial charge in [0.25, 0.3) is 5.91 Å². The molecule has 0 fully saturated rings. The van der Waals surface area contributed by atoms with Crippen LogP contribution in [0.5, 0.6) is 0 Å². The smallest absolute Gasteiger partial charge is 0.253 e. The maximum atomic E-state index is 12.4. The second-order valence-electron chi connectivity index (χ2n) is 5.30. The zero-order chi connectivity index (χ0) is 18.1. The largest absolute Gasteiger partial charge is 0.383 e. The third-order valence-corrected chi connectivity index (χ3v) is 4.41. The number of benzene rings is 1. The monoisotopic (exact) mass is 392 g/mol. The van der Waals surface area contributed by atoms with Gasteiger partial charge in [0.05, 0.1) is 17.2 Å². The van der Waals surface area contributed by atoms with Crippen molar-refractivity contribution in [2.75, 3.05) is 25.7 Å². The van der Waals surface area contributed by atoms with Crippen molar-refractivity contribution in [2.45, 2.75) is 25.4 Å². The van der Waals surface area contributed by atoms with Gasteiger partial charge < -0.3 is 15.4 Å². The van der Waals surface area contributed by atoms with Crippen molar-refractivity contribution in [3.63, 3.8) is 0 Å². The van der Waals surface area contributed by atoms with E-state index in [2.05, 4.69) is 10.6 Å². The van der Waals surface area contributed by atoms with Crippen LogP contribution in [0.25, 0.3) is 0 Å². The Hall–Kier alpha value is -0.950. The lowest BCUT2D eigenvalue weighted by Crippen LogP contribution is -2.50. The van der Waals surface area contributed by atoms with Gasteiger partial charge in [-0.2, -0.15) is 11.8 Å². The molecule has 0 aromatic heterocycles. The Kier molecular flexibility index (Phi) is 9.51. The fourth-order valence-corrected chi connectivity index (χ4v) is 3.01. The average molecular weight is 393 g/mol. The first kappa shape index (κ1) is 21.1. The number of hydrogen-bond donors (Lipinski definition) is 2. The van der Waals surface area contributed by atoms with E-state index >= 15 is 0 Å². The minimum atomic E-state index is -0.643. The maximum Gasteiger partial charge on any atom is 0.253 e. The first-order valence-electron chi connectivity index (χ1n) is 7.43. The number of carbonyl (C=O) groups is 2. The van der Waals surface area contributed by atoms with Gasteiger partial charge in [-0.3, -0.25) is 9.59 Å². The molecular formula is C16H22Cl2N2O3S. The lowest BCUT2D eigenvalue weighted by Gasteiger charge is -2.21. The predicted octanol–water partition coefficient (Wildman–Crippen LogP) is 3.00. The van der Waals surface area contributed by atoms with Crippen LogP contribution in [-0.2, 0) is 9.53 Å². The molecule has 1 rings (SSSR count). The normalized spacial score (nSPS) is 13.2. The van der Waals surface area contributed by atoms with Crippen LogP contribution in [0.4, 0.5) is 0 Å². The molecule has 8 heteroatoms. The summed E-state index contributed by atoms with van der Waals surface area (Å²) < 4.78 is 5.01. The molecule has 0 radical (unpaired) electrons. The predicted molar refractivity (Wildman–Crippen MR) is 100 cm³/mol. The lowest BCUT2D eigenvalue weighted by molar-refractivity contribution is -0.124. The van der Waals surface area contributed by atoms with Gasteiger partial charge in [0.15, 0.2) is 0 Å². The van der Waals surface area contributed by atoms with Crippen LogP contribution in [0.3, 0.4) is 0 Å². The van der Waals surface area contributed by atoms with Crippen molar-refractivity contribution >= 4 is 46.8 Å². The number of methoxy groups -OCH3 is 1. The van der Waals surface area contributed by atoms with Crippen LogP contribution < -0.4 is 10.6 Å². The molecule has 5 nitrogen and oxygen atoms in total. The third-order valence-electron chi connectivity index (χ3n) is 3.21. The van der Waals surface area contributed by atoms with Gasteiger partial charge in [0.2, 0.25) is 5.91 Å². The van der Waals surface area contributed by atoms with Gasteiger partial charge >= 0.3 is 0 Å². The summed E-state index contributed by atoms with van der Waals surface area (Å²) in [6, 6.07) is 3.83. The highest BCUT2D eigenvalue weighted by Crippen LogP contribution is 2.21. The Morgan fingerprint density at radius 3 is 2.58 bits per heavy atom. The van der Waals surface area contributed by atoms with Gasteiger partial charge in [0, 0.05) is 18.2 Å². The van der Waals surface area contributed by atoms with E-state index < -0.39 is 11.9 Å². The first-order chi connectivity index (χ1) is 11.4. The van der Waals surface area contributed by atoms with E-state index in [4.69, 9.17) is 27.9 Å². The van der Waals surface area contributed by atoms with E-state index in [1.807, 2.05) is 13.2 Å². The molecule has 134 valence electrons. The Labute approximate surface area is 156 Å². The lowest BCUT2D eigenvalue weighted by atomic mass is 10.1. The van der Waals surface area contributed by atoms with E-state index in [1.54, 1.807) is 24.9 Å². The summed E-state index contributed by atoms with van der Waals surface area (Å²) in [5.41, 5.74) is 0.285. The molecule has 0 heterocycles. The maximum absolute atomic E-state index is 12.4.